The summed E-state index contributed by atoms with van der Waals surface area (Å²) in [7, 11) is 3.14. The van der Waals surface area contributed by atoms with Crippen molar-refractivity contribution in [3.63, 3.8) is 0 Å². The molecule has 0 bridgehead atoms. The topological polar surface area (TPSA) is 79.5 Å². The maximum absolute atomic E-state index is 13.1. The van der Waals surface area contributed by atoms with Gasteiger partial charge in [0.2, 0.25) is 0 Å². The number of carbonyl (C=O) groups excluding carboxylic acids is 1. The highest BCUT2D eigenvalue weighted by molar-refractivity contribution is 5.96. The monoisotopic (exact) mass is 412 g/mol. The SMILES string of the molecule is CCN(CC)CCCC(C)NC(=O)c1c(C#N)ccn1-c1ccc(OC)cc1OC. The van der Waals surface area contributed by atoms with Gasteiger partial charge in [0, 0.05) is 18.3 Å². The van der Waals surface area contributed by atoms with Crippen LogP contribution in [0.4, 0.5) is 0 Å². The van der Waals surface area contributed by atoms with Gasteiger partial charge in [-0.15, -0.1) is 0 Å². The Morgan fingerprint density at radius 3 is 2.57 bits per heavy atom. The minimum Gasteiger partial charge on any atom is -0.497 e. The van der Waals surface area contributed by atoms with Crippen molar-refractivity contribution in [1.82, 2.24) is 14.8 Å². The number of methoxy groups -OCH3 is 2. The summed E-state index contributed by atoms with van der Waals surface area (Å²) >= 11 is 0. The second-order valence-corrected chi connectivity index (χ2v) is 7.14. The Kier molecular flexibility index (Phi) is 8.75. The van der Waals surface area contributed by atoms with E-state index in [2.05, 4.69) is 30.1 Å². The molecule has 1 aromatic heterocycles. The highest BCUT2D eigenvalue weighted by Crippen LogP contribution is 2.30. The van der Waals surface area contributed by atoms with Crippen LogP contribution in [-0.2, 0) is 0 Å². The molecule has 0 radical (unpaired) electrons. The highest BCUT2D eigenvalue weighted by atomic mass is 16.5. The zero-order valence-corrected chi connectivity index (χ0v) is 18.6. The van der Waals surface area contributed by atoms with E-state index in [-0.39, 0.29) is 11.9 Å². The zero-order chi connectivity index (χ0) is 22.1. The van der Waals surface area contributed by atoms with E-state index in [9.17, 15) is 10.1 Å². The third-order valence-electron chi connectivity index (χ3n) is 5.25. The molecule has 0 aliphatic carbocycles. The lowest BCUT2D eigenvalue weighted by atomic mass is 10.1. The van der Waals surface area contributed by atoms with Crippen LogP contribution in [0.15, 0.2) is 30.5 Å². The summed E-state index contributed by atoms with van der Waals surface area (Å²) in [5, 5.41) is 12.6. The molecule has 7 nitrogen and oxygen atoms in total. The first-order valence-electron chi connectivity index (χ1n) is 10.4. The maximum Gasteiger partial charge on any atom is 0.269 e. The van der Waals surface area contributed by atoms with Crippen LogP contribution in [0.3, 0.4) is 0 Å². The van der Waals surface area contributed by atoms with E-state index in [0.29, 0.717) is 28.4 Å². The van der Waals surface area contributed by atoms with Gasteiger partial charge < -0.3 is 24.3 Å². The van der Waals surface area contributed by atoms with E-state index >= 15 is 0 Å². The van der Waals surface area contributed by atoms with Crippen molar-refractivity contribution >= 4 is 5.91 Å². The van der Waals surface area contributed by atoms with E-state index in [4.69, 9.17) is 9.47 Å². The van der Waals surface area contributed by atoms with E-state index in [1.54, 1.807) is 43.2 Å². The molecule has 0 aliphatic rings. The number of nitriles is 1. The molecule has 2 rings (SSSR count). The van der Waals surface area contributed by atoms with Crippen LogP contribution in [0.2, 0.25) is 0 Å². The first kappa shape index (κ1) is 23.3. The van der Waals surface area contributed by atoms with Gasteiger partial charge in [0.25, 0.3) is 5.91 Å². The van der Waals surface area contributed by atoms with Crippen molar-refractivity contribution in [3.05, 3.63) is 41.7 Å². The molecule has 1 heterocycles. The molecule has 0 aliphatic heterocycles. The number of nitrogens with zero attached hydrogens (tertiary/aromatic N) is 3. The van der Waals surface area contributed by atoms with Crippen LogP contribution in [0, 0.1) is 11.3 Å². The Hall–Kier alpha value is -2.98. The Balaban J connectivity index is 2.21. The Bertz CT molecular complexity index is 881. The van der Waals surface area contributed by atoms with Gasteiger partial charge >= 0.3 is 0 Å². The molecule has 2 aromatic rings. The van der Waals surface area contributed by atoms with Crippen molar-refractivity contribution in [3.8, 4) is 23.3 Å². The number of hydrogen-bond acceptors (Lipinski definition) is 5. The summed E-state index contributed by atoms with van der Waals surface area (Å²) in [5.74, 6) is 0.927. The lowest BCUT2D eigenvalue weighted by molar-refractivity contribution is 0.0930. The molecule has 1 N–H and O–H groups in total. The van der Waals surface area contributed by atoms with Crippen LogP contribution in [0.5, 0.6) is 11.5 Å². The van der Waals surface area contributed by atoms with Crippen molar-refractivity contribution in [1.29, 1.82) is 5.26 Å². The number of benzene rings is 1. The average Bonchev–Trinajstić information content (AvgIpc) is 3.20. The molecule has 1 amide bonds. The molecule has 7 heteroatoms. The number of nitrogens with one attached hydrogen (secondary N) is 1. The van der Waals surface area contributed by atoms with Gasteiger partial charge in [0.1, 0.15) is 23.3 Å². The predicted octanol–water partition coefficient (Wildman–Crippen LogP) is 3.61. The van der Waals surface area contributed by atoms with Crippen molar-refractivity contribution in [2.24, 2.45) is 0 Å². The lowest BCUT2D eigenvalue weighted by Gasteiger charge is -2.20. The van der Waals surface area contributed by atoms with Crippen LogP contribution in [-0.4, -0.2) is 55.3 Å². The molecule has 0 saturated heterocycles. The second-order valence-electron chi connectivity index (χ2n) is 7.14. The van der Waals surface area contributed by atoms with Gasteiger partial charge in [0.15, 0.2) is 0 Å². The third-order valence-corrected chi connectivity index (χ3v) is 5.25. The molecule has 1 aromatic carbocycles. The Labute approximate surface area is 179 Å². The largest absolute Gasteiger partial charge is 0.497 e. The summed E-state index contributed by atoms with van der Waals surface area (Å²) < 4.78 is 12.4. The van der Waals surface area contributed by atoms with Crippen molar-refractivity contribution in [2.45, 2.75) is 39.7 Å². The fourth-order valence-electron chi connectivity index (χ4n) is 3.46. The number of hydrogen-bond donors (Lipinski definition) is 1. The molecule has 0 spiro atoms. The van der Waals surface area contributed by atoms with Crippen molar-refractivity contribution < 1.29 is 14.3 Å². The molecule has 0 saturated carbocycles. The van der Waals surface area contributed by atoms with E-state index in [0.717, 1.165) is 32.5 Å². The summed E-state index contributed by atoms with van der Waals surface area (Å²) in [6.45, 7) is 9.36. The predicted molar refractivity (Wildman–Crippen MR) is 118 cm³/mol. The molecule has 162 valence electrons. The molecule has 1 unspecified atom stereocenters. The van der Waals surface area contributed by atoms with Gasteiger partial charge in [-0.2, -0.15) is 5.26 Å². The average molecular weight is 413 g/mol. The fourth-order valence-corrected chi connectivity index (χ4v) is 3.46. The van der Waals surface area contributed by atoms with Gasteiger partial charge in [-0.1, -0.05) is 13.8 Å². The van der Waals surface area contributed by atoms with E-state index in [1.807, 2.05) is 13.0 Å². The first-order valence-corrected chi connectivity index (χ1v) is 10.4. The van der Waals surface area contributed by atoms with Gasteiger partial charge in [-0.25, -0.2) is 0 Å². The standard InChI is InChI=1S/C23H32N4O3/c1-6-26(7-2)13-8-9-17(3)25-23(28)22-18(16-24)12-14-27(22)20-11-10-19(29-4)15-21(20)30-5/h10-12,14-15,17H,6-9,13H2,1-5H3,(H,25,28). The zero-order valence-electron chi connectivity index (χ0n) is 18.6. The molecule has 0 fully saturated rings. The lowest BCUT2D eigenvalue weighted by Crippen LogP contribution is -2.35. The minimum atomic E-state index is -0.273. The number of aromatic nitrogens is 1. The number of amides is 1. The van der Waals surface area contributed by atoms with Crippen LogP contribution >= 0.6 is 0 Å². The second kappa shape index (κ2) is 11.3. The third kappa shape index (κ3) is 5.55. The van der Waals surface area contributed by atoms with Crippen LogP contribution in [0.25, 0.3) is 5.69 Å². The van der Waals surface area contributed by atoms with Crippen molar-refractivity contribution in [2.75, 3.05) is 33.9 Å². The minimum absolute atomic E-state index is 0.000665. The number of ether oxygens (including phenoxy) is 2. The smallest absolute Gasteiger partial charge is 0.269 e. The number of carbonyl (C=O) groups is 1. The summed E-state index contributed by atoms with van der Waals surface area (Å²) in [4.78, 5) is 15.4. The fraction of sp³-hybridized carbons (Fsp3) is 0.478. The van der Waals surface area contributed by atoms with E-state index in [1.165, 1.54) is 0 Å². The highest BCUT2D eigenvalue weighted by Gasteiger charge is 2.21. The number of rotatable bonds is 11. The van der Waals surface area contributed by atoms with Crippen LogP contribution in [0.1, 0.15) is 49.7 Å². The summed E-state index contributed by atoms with van der Waals surface area (Å²) in [6.07, 6.45) is 3.58. The van der Waals surface area contributed by atoms with Gasteiger partial charge in [-0.3, -0.25) is 4.79 Å². The first-order chi connectivity index (χ1) is 14.5. The maximum atomic E-state index is 13.1. The molecular formula is C23H32N4O3. The molecule has 1 atom stereocenters. The molecular weight excluding hydrogens is 380 g/mol. The molecule has 30 heavy (non-hydrogen) atoms. The van der Waals surface area contributed by atoms with Crippen LogP contribution < -0.4 is 14.8 Å². The van der Waals surface area contributed by atoms with Gasteiger partial charge in [-0.05, 0) is 57.6 Å². The quantitative estimate of drug-likeness (QED) is 0.610. The Morgan fingerprint density at radius 1 is 1.23 bits per heavy atom. The Morgan fingerprint density at radius 2 is 1.97 bits per heavy atom. The summed E-state index contributed by atoms with van der Waals surface area (Å²) in [5.41, 5.74) is 1.29. The normalized spacial score (nSPS) is 11.8. The van der Waals surface area contributed by atoms with Gasteiger partial charge in [0.05, 0.1) is 25.5 Å². The summed E-state index contributed by atoms with van der Waals surface area (Å²) in [6, 6.07) is 9.11. The van der Waals surface area contributed by atoms with E-state index < -0.39 is 0 Å².